The van der Waals surface area contributed by atoms with Crippen molar-refractivity contribution in [2.75, 3.05) is 24.7 Å². The van der Waals surface area contributed by atoms with Gasteiger partial charge in [0.15, 0.2) is 0 Å². The molecule has 31 heavy (non-hydrogen) atoms. The molecule has 2 aromatic rings. The molecule has 2 aromatic carbocycles. The summed E-state index contributed by atoms with van der Waals surface area (Å²) in [5.74, 6) is -0.762. The van der Waals surface area contributed by atoms with Crippen LogP contribution in [0.2, 0.25) is 10.0 Å². The number of halogens is 4. The van der Waals surface area contributed by atoms with Gasteiger partial charge in [0.25, 0.3) is 0 Å². The Morgan fingerprint density at radius 3 is 2.58 bits per heavy atom. The summed E-state index contributed by atoms with van der Waals surface area (Å²) in [5.41, 5.74) is 2.01. The van der Waals surface area contributed by atoms with Crippen LogP contribution >= 0.6 is 23.2 Å². The highest BCUT2D eigenvalue weighted by Gasteiger charge is 2.33. The third kappa shape index (κ3) is 4.12. The fourth-order valence-corrected chi connectivity index (χ4v) is 4.21. The van der Waals surface area contributed by atoms with Gasteiger partial charge in [0.2, 0.25) is 0 Å². The van der Waals surface area contributed by atoms with Crippen LogP contribution in [-0.2, 0) is 4.74 Å². The second kappa shape index (κ2) is 9.07. The normalized spacial score (nSPS) is 17.9. The standard InChI is InChI=1S/C23H21Cl2F2N3O/c1-3-31-10-9-14-11-28-23-13(2)29-22(19-16(26)5-4-6-17(19)27)20-18(30(23)12-14)8-7-15(24)21(20)25/h4-8,11,13H,3,9-10,12H2,1-2H3/t13-/m0/s1. The molecular weight excluding hydrogens is 443 g/mol. The molecule has 0 bridgehead atoms. The zero-order valence-corrected chi connectivity index (χ0v) is 18.6. The first-order valence-electron chi connectivity index (χ1n) is 10.0. The Morgan fingerprint density at radius 1 is 1.13 bits per heavy atom. The van der Waals surface area contributed by atoms with Gasteiger partial charge in [0, 0.05) is 24.9 Å². The number of hydrogen-bond acceptors (Lipinski definition) is 4. The van der Waals surface area contributed by atoms with Gasteiger partial charge in [-0.15, -0.1) is 0 Å². The molecule has 0 aromatic heterocycles. The van der Waals surface area contributed by atoms with Crippen molar-refractivity contribution < 1.29 is 13.5 Å². The van der Waals surface area contributed by atoms with Crippen molar-refractivity contribution >= 4 is 40.4 Å². The predicted octanol–water partition coefficient (Wildman–Crippen LogP) is 6.04. The van der Waals surface area contributed by atoms with Crippen LogP contribution in [0.15, 0.2) is 52.1 Å². The quantitative estimate of drug-likeness (QED) is 0.506. The minimum atomic E-state index is -0.717. The van der Waals surface area contributed by atoms with E-state index in [9.17, 15) is 8.78 Å². The van der Waals surface area contributed by atoms with Crippen LogP contribution < -0.4 is 4.90 Å². The predicted molar refractivity (Wildman–Crippen MR) is 122 cm³/mol. The largest absolute Gasteiger partial charge is 0.381 e. The van der Waals surface area contributed by atoms with Crippen molar-refractivity contribution in [3.63, 3.8) is 0 Å². The third-order valence-corrected chi connectivity index (χ3v) is 6.09. The van der Waals surface area contributed by atoms with Crippen LogP contribution in [-0.4, -0.2) is 37.3 Å². The maximum absolute atomic E-state index is 14.8. The number of rotatable bonds is 5. The lowest BCUT2D eigenvalue weighted by Gasteiger charge is -2.31. The molecule has 2 aliphatic rings. The van der Waals surface area contributed by atoms with E-state index < -0.39 is 17.7 Å². The van der Waals surface area contributed by atoms with Gasteiger partial charge < -0.3 is 9.64 Å². The Morgan fingerprint density at radius 2 is 1.87 bits per heavy atom. The van der Waals surface area contributed by atoms with Crippen LogP contribution in [0.4, 0.5) is 14.5 Å². The molecule has 2 heterocycles. The molecule has 0 radical (unpaired) electrons. The minimum Gasteiger partial charge on any atom is -0.381 e. The average Bonchev–Trinajstić information content (AvgIpc) is 2.86. The lowest BCUT2D eigenvalue weighted by Crippen LogP contribution is -2.40. The first kappa shape index (κ1) is 21.9. The van der Waals surface area contributed by atoms with Gasteiger partial charge in [0.1, 0.15) is 23.5 Å². The maximum atomic E-state index is 14.8. The van der Waals surface area contributed by atoms with Gasteiger partial charge >= 0.3 is 0 Å². The highest BCUT2D eigenvalue weighted by atomic mass is 35.5. The summed E-state index contributed by atoms with van der Waals surface area (Å²) in [6.45, 7) is 5.57. The highest BCUT2D eigenvalue weighted by molar-refractivity contribution is 6.45. The summed E-state index contributed by atoms with van der Waals surface area (Å²) in [7, 11) is 0. The number of benzene rings is 2. The SMILES string of the molecule is CCOCCC1=CN=C2[C@H](C)N=C(c3c(F)cccc3F)c3c(ccc(Cl)c3Cl)N2C1. The molecule has 162 valence electrons. The summed E-state index contributed by atoms with van der Waals surface area (Å²) >= 11 is 12.9. The molecule has 0 amide bonds. The Hall–Kier alpha value is -2.28. The number of hydrogen-bond donors (Lipinski definition) is 0. The van der Waals surface area contributed by atoms with Crippen molar-refractivity contribution in [1.82, 2.24) is 0 Å². The fraction of sp³-hybridized carbons (Fsp3) is 0.304. The smallest absolute Gasteiger partial charge is 0.135 e. The molecule has 0 saturated carbocycles. The van der Waals surface area contributed by atoms with Crippen molar-refractivity contribution in [3.8, 4) is 0 Å². The molecule has 0 saturated heterocycles. The van der Waals surface area contributed by atoms with Crippen LogP contribution in [0.1, 0.15) is 31.4 Å². The van der Waals surface area contributed by atoms with Gasteiger partial charge in [0.05, 0.1) is 33.6 Å². The average molecular weight is 464 g/mol. The molecule has 2 aliphatic heterocycles. The third-order valence-electron chi connectivity index (χ3n) is 5.29. The number of nitrogens with zero attached hydrogens (tertiary/aromatic N) is 3. The lowest BCUT2D eigenvalue weighted by atomic mass is 9.98. The fourth-order valence-electron chi connectivity index (χ4n) is 3.81. The van der Waals surface area contributed by atoms with E-state index in [2.05, 4.69) is 9.98 Å². The van der Waals surface area contributed by atoms with Crippen molar-refractivity contribution in [2.45, 2.75) is 26.3 Å². The van der Waals surface area contributed by atoms with E-state index in [1.54, 1.807) is 12.1 Å². The lowest BCUT2D eigenvalue weighted by molar-refractivity contribution is 0.150. The molecule has 0 unspecified atom stereocenters. The monoisotopic (exact) mass is 463 g/mol. The molecule has 0 fully saturated rings. The summed E-state index contributed by atoms with van der Waals surface area (Å²) in [5, 5.41) is 0.474. The molecule has 4 rings (SSSR count). The van der Waals surface area contributed by atoms with E-state index in [4.69, 9.17) is 27.9 Å². The number of ether oxygens (including phenoxy) is 1. The zero-order valence-electron chi connectivity index (χ0n) is 17.1. The van der Waals surface area contributed by atoms with E-state index in [0.29, 0.717) is 36.8 Å². The number of anilines is 1. The topological polar surface area (TPSA) is 37.2 Å². The molecule has 1 atom stereocenters. The van der Waals surface area contributed by atoms with Gasteiger partial charge in [-0.1, -0.05) is 29.3 Å². The summed E-state index contributed by atoms with van der Waals surface area (Å²) in [4.78, 5) is 11.3. The van der Waals surface area contributed by atoms with E-state index in [-0.39, 0.29) is 21.3 Å². The first-order chi connectivity index (χ1) is 14.9. The van der Waals surface area contributed by atoms with E-state index >= 15 is 0 Å². The minimum absolute atomic E-state index is 0.124. The second-order valence-corrected chi connectivity index (χ2v) is 8.10. The number of fused-ring (bicyclic) bond motifs is 3. The molecule has 4 nitrogen and oxygen atoms in total. The van der Waals surface area contributed by atoms with Gasteiger partial charge in [-0.05, 0) is 50.1 Å². The molecule has 0 spiro atoms. The van der Waals surface area contributed by atoms with Gasteiger partial charge in [-0.25, -0.2) is 13.8 Å². The van der Waals surface area contributed by atoms with E-state index in [0.717, 1.165) is 12.0 Å². The summed E-state index contributed by atoms with van der Waals surface area (Å²) in [6, 6.07) is 6.72. The first-order valence-corrected chi connectivity index (χ1v) is 10.8. The van der Waals surface area contributed by atoms with Gasteiger partial charge in [-0.3, -0.25) is 4.99 Å². The molecular formula is C23H21Cl2F2N3O. The molecule has 8 heteroatoms. The Bertz CT molecular complexity index is 1090. The molecule has 0 aliphatic carbocycles. The summed E-state index contributed by atoms with van der Waals surface area (Å²) in [6.07, 6.45) is 2.55. The van der Waals surface area contributed by atoms with Crippen LogP contribution in [0.25, 0.3) is 0 Å². The second-order valence-electron chi connectivity index (χ2n) is 7.31. The Balaban J connectivity index is 1.89. The van der Waals surface area contributed by atoms with E-state index in [1.165, 1.54) is 18.2 Å². The maximum Gasteiger partial charge on any atom is 0.135 e. The van der Waals surface area contributed by atoms with Crippen LogP contribution in [0, 0.1) is 11.6 Å². The van der Waals surface area contributed by atoms with Crippen molar-refractivity contribution in [1.29, 1.82) is 0 Å². The van der Waals surface area contributed by atoms with Crippen LogP contribution in [0.3, 0.4) is 0 Å². The Kier molecular flexibility index (Phi) is 6.42. The number of amidine groups is 1. The summed E-state index contributed by atoms with van der Waals surface area (Å²) < 4.78 is 35.0. The van der Waals surface area contributed by atoms with Gasteiger partial charge in [-0.2, -0.15) is 0 Å². The van der Waals surface area contributed by atoms with Crippen molar-refractivity contribution in [2.24, 2.45) is 9.98 Å². The number of aliphatic imine (C=N–C) groups is 2. The van der Waals surface area contributed by atoms with Crippen molar-refractivity contribution in [3.05, 3.63) is 74.9 Å². The highest BCUT2D eigenvalue weighted by Crippen LogP contribution is 2.39. The molecule has 0 N–H and O–H groups in total. The van der Waals surface area contributed by atoms with Crippen LogP contribution in [0.5, 0.6) is 0 Å². The van der Waals surface area contributed by atoms with E-state index in [1.807, 2.05) is 24.9 Å². The zero-order chi connectivity index (χ0) is 22.1. The Labute approximate surface area is 189 Å².